The van der Waals surface area contributed by atoms with Gasteiger partial charge < -0.3 is 9.15 Å². The van der Waals surface area contributed by atoms with Crippen molar-refractivity contribution in [2.24, 2.45) is 0 Å². The molecule has 0 bridgehead atoms. The van der Waals surface area contributed by atoms with Gasteiger partial charge in [0.1, 0.15) is 0 Å². The summed E-state index contributed by atoms with van der Waals surface area (Å²) in [5.41, 5.74) is 0.948. The average molecular weight is 410 g/mol. The van der Waals surface area contributed by atoms with E-state index in [1.54, 1.807) is 6.92 Å². The summed E-state index contributed by atoms with van der Waals surface area (Å²) in [4.78, 5) is 32.3. The van der Waals surface area contributed by atoms with Crippen LogP contribution < -0.4 is 0 Å². The topological polar surface area (TPSA) is 152 Å². The zero-order valence-electron chi connectivity index (χ0n) is 15.5. The van der Waals surface area contributed by atoms with Crippen LogP contribution in [0, 0.1) is 20.2 Å². The SMILES string of the molecule is CC(OC(=O)/C=C/c1ccc([N+](=O)[O-])cc1)c1nnc(-c2ccc([N+](=O)[O-])cc2)o1. The lowest BCUT2D eigenvalue weighted by Crippen LogP contribution is -2.06. The molecule has 152 valence electrons. The highest BCUT2D eigenvalue weighted by molar-refractivity contribution is 5.87. The molecule has 0 fully saturated rings. The number of nitrogens with zero attached hydrogens (tertiary/aromatic N) is 4. The van der Waals surface area contributed by atoms with Gasteiger partial charge in [0.25, 0.3) is 17.3 Å². The van der Waals surface area contributed by atoms with E-state index >= 15 is 0 Å². The van der Waals surface area contributed by atoms with Crippen molar-refractivity contribution >= 4 is 23.4 Å². The quantitative estimate of drug-likeness (QED) is 0.244. The van der Waals surface area contributed by atoms with Crippen molar-refractivity contribution < 1.29 is 23.8 Å². The summed E-state index contributed by atoms with van der Waals surface area (Å²) >= 11 is 0. The largest absolute Gasteiger partial charge is 0.449 e. The third-order valence-corrected chi connectivity index (χ3v) is 3.92. The molecular formula is C19H14N4O7. The standard InChI is InChI=1S/C19H14N4O7/c1-12(29-17(24)11-4-13-2-7-15(8-3-13)22(25)26)18-20-21-19(30-18)14-5-9-16(10-6-14)23(27)28/h2-12H,1H3/b11-4+. The molecule has 1 heterocycles. The first kappa shape index (κ1) is 20.3. The Hall–Kier alpha value is -4.41. The third kappa shape index (κ3) is 4.90. The predicted octanol–water partition coefficient (Wildman–Crippen LogP) is 3.87. The number of carbonyl (C=O) groups excluding carboxylic acids is 1. The van der Waals surface area contributed by atoms with Crippen LogP contribution in [0.25, 0.3) is 17.5 Å². The van der Waals surface area contributed by atoms with Crippen LogP contribution in [0.2, 0.25) is 0 Å². The Bertz CT molecular complexity index is 1100. The smallest absolute Gasteiger partial charge is 0.331 e. The number of carbonyl (C=O) groups is 1. The first-order valence-corrected chi connectivity index (χ1v) is 8.55. The lowest BCUT2D eigenvalue weighted by atomic mass is 10.2. The summed E-state index contributed by atoms with van der Waals surface area (Å²) in [6.07, 6.45) is 1.79. The van der Waals surface area contributed by atoms with Crippen LogP contribution in [0.15, 0.2) is 59.0 Å². The molecule has 0 spiro atoms. The maximum Gasteiger partial charge on any atom is 0.331 e. The molecule has 0 N–H and O–H groups in total. The summed E-state index contributed by atoms with van der Waals surface area (Å²) in [6, 6.07) is 11.2. The first-order valence-electron chi connectivity index (χ1n) is 8.55. The predicted molar refractivity (Wildman–Crippen MR) is 103 cm³/mol. The van der Waals surface area contributed by atoms with Gasteiger partial charge >= 0.3 is 5.97 Å². The Balaban J connectivity index is 1.61. The molecule has 1 atom stereocenters. The number of benzene rings is 2. The molecule has 2 aromatic carbocycles. The van der Waals surface area contributed by atoms with Gasteiger partial charge in [0.15, 0.2) is 6.10 Å². The number of aromatic nitrogens is 2. The van der Waals surface area contributed by atoms with Crippen LogP contribution in [0.1, 0.15) is 24.5 Å². The van der Waals surface area contributed by atoms with Gasteiger partial charge in [-0.1, -0.05) is 0 Å². The van der Waals surface area contributed by atoms with E-state index in [9.17, 15) is 25.0 Å². The number of hydrogen-bond donors (Lipinski definition) is 0. The van der Waals surface area contributed by atoms with Crippen LogP contribution in [0.5, 0.6) is 0 Å². The van der Waals surface area contributed by atoms with Gasteiger partial charge in [-0.15, -0.1) is 10.2 Å². The van der Waals surface area contributed by atoms with Gasteiger partial charge in [0.2, 0.25) is 5.89 Å². The lowest BCUT2D eigenvalue weighted by Gasteiger charge is -2.06. The van der Waals surface area contributed by atoms with Crippen molar-refractivity contribution in [3.63, 3.8) is 0 Å². The van der Waals surface area contributed by atoms with Crippen molar-refractivity contribution in [1.82, 2.24) is 10.2 Å². The lowest BCUT2D eigenvalue weighted by molar-refractivity contribution is -0.385. The van der Waals surface area contributed by atoms with E-state index in [1.807, 2.05) is 0 Å². The summed E-state index contributed by atoms with van der Waals surface area (Å²) in [7, 11) is 0. The zero-order valence-corrected chi connectivity index (χ0v) is 15.5. The molecule has 30 heavy (non-hydrogen) atoms. The van der Waals surface area contributed by atoms with Crippen molar-refractivity contribution in [1.29, 1.82) is 0 Å². The molecule has 0 aliphatic rings. The van der Waals surface area contributed by atoms with E-state index in [0.29, 0.717) is 11.1 Å². The van der Waals surface area contributed by atoms with Gasteiger partial charge in [-0.25, -0.2) is 4.79 Å². The van der Waals surface area contributed by atoms with Crippen molar-refractivity contribution in [2.45, 2.75) is 13.0 Å². The Kier molecular flexibility index (Phi) is 5.92. The second kappa shape index (κ2) is 8.73. The van der Waals surface area contributed by atoms with Crippen LogP contribution in [0.4, 0.5) is 11.4 Å². The van der Waals surface area contributed by atoms with E-state index in [2.05, 4.69) is 10.2 Å². The van der Waals surface area contributed by atoms with Gasteiger partial charge in [0.05, 0.1) is 9.85 Å². The molecule has 0 saturated carbocycles. The molecule has 3 rings (SSSR count). The minimum Gasteiger partial charge on any atom is -0.449 e. The highest BCUT2D eigenvalue weighted by Crippen LogP contribution is 2.24. The fraction of sp³-hybridized carbons (Fsp3) is 0.105. The number of ether oxygens (including phenoxy) is 1. The minimum absolute atomic E-state index is 0.0523. The summed E-state index contributed by atoms with van der Waals surface area (Å²) in [5, 5.41) is 29.0. The average Bonchev–Trinajstić information content (AvgIpc) is 3.23. The monoisotopic (exact) mass is 410 g/mol. The second-order valence-corrected chi connectivity index (χ2v) is 6.01. The van der Waals surface area contributed by atoms with Crippen molar-refractivity contribution in [3.8, 4) is 11.5 Å². The molecule has 11 heteroatoms. The highest BCUT2D eigenvalue weighted by atomic mass is 16.6. The van der Waals surface area contributed by atoms with Crippen LogP contribution in [-0.4, -0.2) is 26.0 Å². The van der Waals surface area contributed by atoms with Gasteiger partial charge in [-0.05, 0) is 42.8 Å². The molecule has 1 unspecified atom stereocenters. The van der Waals surface area contributed by atoms with E-state index < -0.39 is 21.9 Å². The van der Waals surface area contributed by atoms with E-state index in [4.69, 9.17) is 9.15 Å². The third-order valence-electron chi connectivity index (χ3n) is 3.92. The molecule has 11 nitrogen and oxygen atoms in total. The Morgan fingerprint density at radius 3 is 2.13 bits per heavy atom. The molecule has 0 saturated heterocycles. The zero-order chi connectivity index (χ0) is 21.7. The van der Waals surface area contributed by atoms with E-state index in [1.165, 1.54) is 60.7 Å². The van der Waals surface area contributed by atoms with Crippen molar-refractivity contribution in [2.75, 3.05) is 0 Å². The fourth-order valence-corrected chi connectivity index (χ4v) is 2.38. The summed E-state index contributed by atoms with van der Waals surface area (Å²) in [5.74, 6) is -0.486. The number of hydrogen-bond acceptors (Lipinski definition) is 9. The Labute approximate surface area is 168 Å². The summed E-state index contributed by atoms with van der Waals surface area (Å²) < 4.78 is 10.7. The Morgan fingerprint density at radius 2 is 1.57 bits per heavy atom. The number of nitro groups is 2. The molecule has 0 amide bonds. The maximum atomic E-state index is 12.0. The minimum atomic E-state index is -0.835. The van der Waals surface area contributed by atoms with Crippen LogP contribution >= 0.6 is 0 Å². The van der Waals surface area contributed by atoms with E-state index in [-0.39, 0.29) is 23.2 Å². The second-order valence-electron chi connectivity index (χ2n) is 6.01. The molecular weight excluding hydrogens is 396 g/mol. The normalized spacial score (nSPS) is 11.9. The van der Waals surface area contributed by atoms with Gasteiger partial charge in [-0.2, -0.15) is 0 Å². The number of non-ortho nitro benzene ring substituents is 2. The fourth-order valence-electron chi connectivity index (χ4n) is 2.38. The van der Waals surface area contributed by atoms with Crippen LogP contribution in [0.3, 0.4) is 0 Å². The molecule has 0 aliphatic heterocycles. The maximum absolute atomic E-state index is 12.0. The highest BCUT2D eigenvalue weighted by Gasteiger charge is 2.18. The van der Waals surface area contributed by atoms with Crippen molar-refractivity contribution in [3.05, 3.63) is 86.3 Å². The number of rotatable bonds is 7. The number of esters is 1. The van der Waals surface area contributed by atoms with E-state index in [0.717, 1.165) is 0 Å². The molecule has 3 aromatic rings. The van der Waals surface area contributed by atoms with Gasteiger partial charge in [0, 0.05) is 35.9 Å². The molecule has 0 radical (unpaired) electrons. The molecule has 0 aliphatic carbocycles. The van der Waals surface area contributed by atoms with Crippen LogP contribution in [-0.2, 0) is 9.53 Å². The number of nitro benzene ring substituents is 2. The Morgan fingerprint density at radius 1 is 1.00 bits per heavy atom. The van der Waals surface area contributed by atoms with Gasteiger partial charge in [-0.3, -0.25) is 20.2 Å². The summed E-state index contributed by atoms with van der Waals surface area (Å²) in [6.45, 7) is 1.55. The first-order chi connectivity index (χ1) is 14.3. The molecule has 1 aromatic heterocycles.